The highest BCUT2D eigenvalue weighted by Gasteiger charge is 2.30. The van der Waals surface area contributed by atoms with Crippen molar-refractivity contribution < 1.29 is 23.0 Å². The lowest BCUT2D eigenvalue weighted by atomic mass is 9.87. The number of rotatable bonds is 4. The summed E-state index contributed by atoms with van der Waals surface area (Å²) in [5.41, 5.74) is 0.796. The van der Waals surface area contributed by atoms with Crippen molar-refractivity contribution in [2.24, 2.45) is 5.41 Å². The minimum absolute atomic E-state index is 0.0127. The van der Waals surface area contributed by atoms with Gasteiger partial charge in [0.05, 0.1) is 6.10 Å². The Balaban J connectivity index is 2.57. The van der Waals surface area contributed by atoms with Crippen LogP contribution in [0.1, 0.15) is 32.8 Å². The van der Waals surface area contributed by atoms with Crippen LogP contribution >= 0.6 is 0 Å². The predicted octanol–water partition coefficient (Wildman–Crippen LogP) is 3.92. The van der Waals surface area contributed by atoms with Crippen LogP contribution in [-0.4, -0.2) is 17.6 Å². The van der Waals surface area contributed by atoms with Crippen LogP contribution in [0.15, 0.2) is 24.3 Å². The number of alkyl halides is 3. The first-order chi connectivity index (χ1) is 8.55. The van der Waals surface area contributed by atoms with Gasteiger partial charge in [0, 0.05) is 0 Å². The number of halogens is 3. The lowest BCUT2D eigenvalue weighted by Crippen LogP contribution is -2.19. The molecule has 0 fully saturated rings. The molecule has 1 atom stereocenters. The SMILES string of the molecule is CC(C)(C)CC(O)Cc1ccc(OC(F)(F)F)cc1. The molecule has 0 saturated heterocycles. The van der Waals surface area contributed by atoms with Gasteiger partial charge in [-0.1, -0.05) is 32.9 Å². The number of benzene rings is 1. The average molecular weight is 276 g/mol. The Morgan fingerprint density at radius 1 is 1.11 bits per heavy atom. The Morgan fingerprint density at radius 2 is 1.63 bits per heavy atom. The number of ether oxygens (including phenoxy) is 1. The van der Waals surface area contributed by atoms with Crippen molar-refractivity contribution in [3.05, 3.63) is 29.8 Å². The van der Waals surface area contributed by atoms with Gasteiger partial charge in [-0.15, -0.1) is 13.2 Å². The fourth-order valence-corrected chi connectivity index (χ4v) is 1.88. The third-order valence-electron chi connectivity index (χ3n) is 2.48. The van der Waals surface area contributed by atoms with Gasteiger partial charge >= 0.3 is 6.36 Å². The summed E-state index contributed by atoms with van der Waals surface area (Å²) in [6.07, 6.45) is -4.13. The van der Waals surface area contributed by atoms with Crippen LogP contribution in [0.2, 0.25) is 0 Å². The molecule has 1 aromatic carbocycles. The van der Waals surface area contributed by atoms with Crippen LogP contribution in [0.25, 0.3) is 0 Å². The van der Waals surface area contributed by atoms with Crippen LogP contribution in [-0.2, 0) is 6.42 Å². The molecule has 0 bridgehead atoms. The molecule has 1 N–H and O–H groups in total. The summed E-state index contributed by atoms with van der Waals surface area (Å²) >= 11 is 0. The van der Waals surface area contributed by atoms with Gasteiger partial charge in [-0.2, -0.15) is 0 Å². The number of hydrogen-bond donors (Lipinski definition) is 1. The van der Waals surface area contributed by atoms with E-state index >= 15 is 0 Å². The first kappa shape index (κ1) is 15.8. The van der Waals surface area contributed by atoms with Crippen molar-refractivity contribution in [2.75, 3.05) is 0 Å². The predicted molar refractivity (Wildman–Crippen MR) is 66.9 cm³/mol. The van der Waals surface area contributed by atoms with Gasteiger partial charge in [-0.25, -0.2) is 0 Å². The highest BCUT2D eigenvalue weighted by molar-refractivity contribution is 5.27. The minimum Gasteiger partial charge on any atom is -0.406 e. The molecule has 2 nitrogen and oxygen atoms in total. The summed E-state index contributed by atoms with van der Waals surface area (Å²) in [7, 11) is 0. The Kier molecular flexibility index (Phi) is 4.85. The maximum Gasteiger partial charge on any atom is 0.573 e. The molecule has 0 aliphatic heterocycles. The second-order valence-corrected chi connectivity index (χ2v) is 5.81. The zero-order chi connectivity index (χ0) is 14.7. The molecule has 0 aliphatic carbocycles. The normalized spacial score (nSPS) is 14.3. The largest absolute Gasteiger partial charge is 0.573 e. The van der Waals surface area contributed by atoms with Crippen LogP contribution in [0.3, 0.4) is 0 Å². The standard InChI is InChI=1S/C14H19F3O2/c1-13(2,3)9-11(18)8-10-4-6-12(7-5-10)19-14(15,16)17/h4-7,11,18H,8-9H2,1-3H3. The maximum absolute atomic E-state index is 12.0. The molecule has 0 heterocycles. The average Bonchev–Trinajstić information content (AvgIpc) is 2.15. The molecule has 0 aliphatic rings. The van der Waals surface area contributed by atoms with Gasteiger partial charge in [-0.05, 0) is 36.0 Å². The highest BCUT2D eigenvalue weighted by Crippen LogP contribution is 2.25. The highest BCUT2D eigenvalue weighted by atomic mass is 19.4. The molecule has 0 aromatic heterocycles. The van der Waals surface area contributed by atoms with Crippen LogP contribution < -0.4 is 4.74 Å². The molecule has 1 rings (SSSR count). The summed E-state index contributed by atoms with van der Waals surface area (Å²) in [6, 6.07) is 5.58. The lowest BCUT2D eigenvalue weighted by Gasteiger charge is -2.22. The van der Waals surface area contributed by atoms with Crippen molar-refractivity contribution >= 4 is 0 Å². The van der Waals surface area contributed by atoms with Gasteiger partial charge in [0.1, 0.15) is 5.75 Å². The van der Waals surface area contributed by atoms with Crippen molar-refractivity contribution in [3.63, 3.8) is 0 Å². The van der Waals surface area contributed by atoms with E-state index in [1.165, 1.54) is 24.3 Å². The van der Waals surface area contributed by atoms with Gasteiger partial charge in [-0.3, -0.25) is 0 Å². The molecule has 1 aromatic rings. The number of aliphatic hydroxyl groups excluding tert-OH is 1. The molecule has 0 amide bonds. The summed E-state index contributed by atoms with van der Waals surface area (Å²) in [5, 5.41) is 9.88. The topological polar surface area (TPSA) is 29.5 Å². The van der Waals surface area contributed by atoms with Gasteiger partial charge < -0.3 is 9.84 Å². The molecule has 0 saturated carbocycles. The third kappa shape index (κ3) is 7.06. The Morgan fingerprint density at radius 3 is 2.05 bits per heavy atom. The molecular weight excluding hydrogens is 257 g/mol. The monoisotopic (exact) mass is 276 g/mol. The lowest BCUT2D eigenvalue weighted by molar-refractivity contribution is -0.274. The molecule has 0 radical (unpaired) electrons. The zero-order valence-electron chi connectivity index (χ0n) is 11.3. The first-order valence-corrected chi connectivity index (χ1v) is 6.08. The second-order valence-electron chi connectivity index (χ2n) is 5.81. The van der Waals surface area contributed by atoms with Crippen molar-refractivity contribution in [3.8, 4) is 5.75 Å². The smallest absolute Gasteiger partial charge is 0.406 e. The summed E-state index contributed by atoms with van der Waals surface area (Å²) in [5.74, 6) is -0.249. The second kappa shape index (κ2) is 5.82. The molecule has 108 valence electrons. The maximum atomic E-state index is 12.0. The van der Waals surface area contributed by atoms with Crippen molar-refractivity contribution in [2.45, 2.75) is 46.1 Å². The molecule has 1 unspecified atom stereocenters. The zero-order valence-corrected chi connectivity index (χ0v) is 11.3. The van der Waals surface area contributed by atoms with E-state index in [0.29, 0.717) is 12.8 Å². The number of aliphatic hydroxyl groups is 1. The van der Waals surface area contributed by atoms with E-state index in [-0.39, 0.29) is 11.2 Å². The summed E-state index contributed by atoms with van der Waals surface area (Å²) in [4.78, 5) is 0. The van der Waals surface area contributed by atoms with E-state index in [2.05, 4.69) is 4.74 Å². The first-order valence-electron chi connectivity index (χ1n) is 6.08. The van der Waals surface area contributed by atoms with E-state index in [4.69, 9.17) is 0 Å². The molecular formula is C14H19F3O2. The van der Waals surface area contributed by atoms with Crippen molar-refractivity contribution in [1.82, 2.24) is 0 Å². The van der Waals surface area contributed by atoms with Crippen LogP contribution in [0.4, 0.5) is 13.2 Å². The molecule has 19 heavy (non-hydrogen) atoms. The Bertz CT molecular complexity index is 391. The van der Waals surface area contributed by atoms with Gasteiger partial charge in [0.15, 0.2) is 0 Å². The Hall–Kier alpha value is -1.23. The van der Waals surface area contributed by atoms with Crippen molar-refractivity contribution in [1.29, 1.82) is 0 Å². The molecule has 5 heteroatoms. The fourth-order valence-electron chi connectivity index (χ4n) is 1.88. The number of hydrogen-bond acceptors (Lipinski definition) is 2. The minimum atomic E-state index is -4.67. The van der Waals surface area contributed by atoms with E-state index in [1.807, 2.05) is 20.8 Å². The van der Waals surface area contributed by atoms with Crippen LogP contribution in [0.5, 0.6) is 5.75 Å². The van der Waals surface area contributed by atoms with E-state index in [1.54, 1.807) is 0 Å². The summed E-state index contributed by atoms with van der Waals surface area (Å²) < 4.78 is 39.7. The summed E-state index contributed by atoms with van der Waals surface area (Å²) in [6.45, 7) is 6.07. The fraction of sp³-hybridized carbons (Fsp3) is 0.571. The van der Waals surface area contributed by atoms with E-state index in [9.17, 15) is 18.3 Å². The van der Waals surface area contributed by atoms with E-state index < -0.39 is 12.5 Å². The van der Waals surface area contributed by atoms with Gasteiger partial charge in [0.25, 0.3) is 0 Å². The van der Waals surface area contributed by atoms with E-state index in [0.717, 1.165) is 5.56 Å². The van der Waals surface area contributed by atoms with Gasteiger partial charge in [0.2, 0.25) is 0 Å². The quantitative estimate of drug-likeness (QED) is 0.903. The Labute approximate surface area is 111 Å². The third-order valence-corrected chi connectivity index (χ3v) is 2.48. The molecule has 0 spiro atoms. The van der Waals surface area contributed by atoms with Crippen LogP contribution in [0, 0.1) is 5.41 Å².